The van der Waals surface area contributed by atoms with Crippen LogP contribution in [0.25, 0.3) is 0 Å². The van der Waals surface area contributed by atoms with Gasteiger partial charge in [-0.15, -0.1) is 0 Å². The van der Waals surface area contributed by atoms with Gasteiger partial charge in [0.05, 0.1) is 6.61 Å². The van der Waals surface area contributed by atoms with E-state index in [9.17, 15) is 14.7 Å². The summed E-state index contributed by atoms with van der Waals surface area (Å²) in [5.41, 5.74) is 0. The first-order valence-corrected chi connectivity index (χ1v) is 26.2. The van der Waals surface area contributed by atoms with Crippen molar-refractivity contribution in [2.45, 2.75) is 219 Å². The Hall–Kier alpha value is -3.96. The third-order valence-corrected chi connectivity index (χ3v) is 10.7. The maximum atomic E-state index is 12.3. The quantitative estimate of drug-likeness (QED) is 0.0374. The van der Waals surface area contributed by atoms with Crippen LogP contribution in [0.2, 0.25) is 0 Å². The van der Waals surface area contributed by atoms with Gasteiger partial charge < -0.3 is 14.6 Å². The van der Waals surface area contributed by atoms with Crippen molar-refractivity contribution in [1.82, 2.24) is 0 Å². The molecule has 65 heavy (non-hydrogen) atoms. The summed E-state index contributed by atoms with van der Waals surface area (Å²) in [6, 6.07) is 0. The van der Waals surface area contributed by atoms with Gasteiger partial charge in [0.25, 0.3) is 0 Å². The summed E-state index contributed by atoms with van der Waals surface area (Å²) in [5.74, 6) is -0.626. The molecule has 0 aliphatic carbocycles. The molecule has 0 amide bonds. The van der Waals surface area contributed by atoms with Gasteiger partial charge in [0, 0.05) is 12.8 Å². The Morgan fingerprint density at radius 2 is 0.662 bits per heavy atom. The second-order valence-electron chi connectivity index (χ2n) is 16.9. The van der Waals surface area contributed by atoms with Crippen LogP contribution < -0.4 is 0 Å². The smallest absolute Gasteiger partial charge is 0.306 e. The van der Waals surface area contributed by atoms with E-state index in [4.69, 9.17) is 9.47 Å². The molecular weight excluding hydrogens is 801 g/mol. The van der Waals surface area contributed by atoms with E-state index in [0.717, 1.165) is 116 Å². The number of aliphatic hydroxyl groups is 1. The Kier molecular flexibility index (Phi) is 51.1. The molecule has 5 heteroatoms. The second kappa shape index (κ2) is 54.4. The van der Waals surface area contributed by atoms with Crippen molar-refractivity contribution in [3.63, 3.8) is 0 Å². The molecule has 1 atom stereocenters. The zero-order chi connectivity index (χ0) is 47.0. The molecule has 0 heterocycles. The maximum absolute atomic E-state index is 12.3. The van der Waals surface area contributed by atoms with E-state index in [1.54, 1.807) is 0 Å². The van der Waals surface area contributed by atoms with Gasteiger partial charge in [0.2, 0.25) is 0 Å². The van der Waals surface area contributed by atoms with Gasteiger partial charge >= 0.3 is 11.9 Å². The van der Waals surface area contributed by atoms with Gasteiger partial charge in [-0.3, -0.25) is 9.59 Å². The third kappa shape index (κ3) is 52.5. The van der Waals surface area contributed by atoms with Crippen molar-refractivity contribution in [2.24, 2.45) is 0 Å². The number of esters is 2. The number of aliphatic hydroxyl groups excluding tert-OH is 1. The molecule has 0 aliphatic rings. The molecule has 5 nitrogen and oxygen atoms in total. The largest absolute Gasteiger partial charge is 0.462 e. The number of hydrogen-bond donors (Lipinski definition) is 1. The first-order valence-electron chi connectivity index (χ1n) is 26.2. The summed E-state index contributed by atoms with van der Waals surface area (Å²) < 4.78 is 10.6. The fraction of sp³-hybridized carbons (Fsp3) is 0.600. The highest BCUT2D eigenvalue weighted by Gasteiger charge is 2.16. The molecular formula is C60H96O5. The summed E-state index contributed by atoms with van der Waals surface area (Å²) in [6.45, 7) is 3.98. The number of carbonyl (C=O) groups is 2. The number of allylic oxidation sites excluding steroid dienone is 22. The van der Waals surface area contributed by atoms with Crippen LogP contribution in [0.1, 0.15) is 213 Å². The van der Waals surface area contributed by atoms with E-state index < -0.39 is 6.10 Å². The summed E-state index contributed by atoms with van der Waals surface area (Å²) in [6.07, 6.45) is 81.2. The van der Waals surface area contributed by atoms with Gasteiger partial charge in [-0.1, -0.05) is 218 Å². The third-order valence-electron chi connectivity index (χ3n) is 10.7. The number of hydrogen-bond acceptors (Lipinski definition) is 5. The molecule has 0 fully saturated rings. The highest BCUT2D eigenvalue weighted by Crippen LogP contribution is 2.12. The van der Waals surface area contributed by atoms with Crippen molar-refractivity contribution >= 4 is 11.9 Å². The van der Waals surface area contributed by atoms with E-state index in [-0.39, 0.29) is 25.2 Å². The summed E-state index contributed by atoms with van der Waals surface area (Å²) >= 11 is 0. The molecule has 0 rings (SSSR count). The van der Waals surface area contributed by atoms with Crippen molar-refractivity contribution in [3.8, 4) is 0 Å². The van der Waals surface area contributed by atoms with E-state index >= 15 is 0 Å². The Labute approximate surface area is 400 Å². The van der Waals surface area contributed by atoms with E-state index in [1.165, 1.54) is 70.6 Å². The van der Waals surface area contributed by atoms with Crippen LogP contribution in [0.15, 0.2) is 134 Å². The Bertz CT molecular complexity index is 1380. The molecule has 0 bridgehead atoms. The first-order chi connectivity index (χ1) is 32.1. The van der Waals surface area contributed by atoms with Crippen molar-refractivity contribution in [2.75, 3.05) is 13.2 Å². The highest BCUT2D eigenvalue weighted by molar-refractivity contribution is 5.70. The standard InChI is InChI=1S/C60H96O5/c1-3-5-7-9-11-13-15-17-19-20-21-22-23-24-25-26-27-28-29-30-31-32-33-34-35-36-37-38-39-40-41-43-45-47-49-51-53-55-60(63)65-58(56-61)57-64-59(62)54-52-50-48-46-44-42-18-16-14-12-10-8-6-4-2/h5,7,11,13,16-19,21-22,24-25,27-28,30-31,33-34,36-37,39-40,58,61H,3-4,6,8-10,12,14-15,20,23,26,29,32,35,38,41-57H2,1-2H3/b7-5-,13-11-,18-16-,19-17-,22-21-,25-24-,28-27-,31-30-,34-33-,37-36-,40-39-. The molecule has 0 saturated heterocycles. The minimum Gasteiger partial charge on any atom is -0.462 e. The summed E-state index contributed by atoms with van der Waals surface area (Å²) in [7, 11) is 0. The Balaban J connectivity index is 3.65. The zero-order valence-electron chi connectivity index (χ0n) is 41.7. The van der Waals surface area contributed by atoms with Gasteiger partial charge in [0.15, 0.2) is 6.10 Å². The van der Waals surface area contributed by atoms with Crippen LogP contribution >= 0.6 is 0 Å². The molecule has 0 aromatic rings. The van der Waals surface area contributed by atoms with Gasteiger partial charge in [-0.05, 0) is 116 Å². The second-order valence-corrected chi connectivity index (χ2v) is 16.9. The average molecular weight is 897 g/mol. The SMILES string of the molecule is CC/C=C\C/C=C\C/C=C\C/C=C\C/C=C\C/C=C\C/C=C\C/C=C\C/C=C\C/C=C\CCCCCCCCC(=O)OC(CO)COC(=O)CCCCCCC/C=C\CCCCCCC. The van der Waals surface area contributed by atoms with Crippen molar-refractivity contribution in [1.29, 1.82) is 0 Å². The number of ether oxygens (including phenoxy) is 2. The highest BCUT2D eigenvalue weighted by atomic mass is 16.6. The lowest BCUT2D eigenvalue weighted by atomic mass is 10.1. The van der Waals surface area contributed by atoms with Crippen LogP contribution in [0.3, 0.4) is 0 Å². The predicted octanol–water partition coefficient (Wildman–Crippen LogP) is 17.7. The van der Waals surface area contributed by atoms with Crippen molar-refractivity contribution < 1.29 is 24.2 Å². The number of unbranched alkanes of at least 4 members (excludes halogenated alkanes) is 16. The molecule has 0 saturated carbocycles. The number of carbonyl (C=O) groups excluding carboxylic acids is 2. The lowest BCUT2D eigenvalue weighted by molar-refractivity contribution is -0.161. The van der Waals surface area contributed by atoms with Crippen LogP contribution in [0.5, 0.6) is 0 Å². The zero-order valence-corrected chi connectivity index (χ0v) is 41.7. The molecule has 366 valence electrons. The minimum absolute atomic E-state index is 0.0835. The van der Waals surface area contributed by atoms with E-state index in [1.807, 2.05) is 0 Å². The van der Waals surface area contributed by atoms with E-state index in [0.29, 0.717) is 12.8 Å². The number of rotatable bonds is 46. The summed E-state index contributed by atoms with van der Waals surface area (Å²) in [4.78, 5) is 24.4. The molecule has 1 unspecified atom stereocenters. The topological polar surface area (TPSA) is 72.8 Å². The summed E-state index contributed by atoms with van der Waals surface area (Å²) in [5, 5.41) is 9.61. The lowest BCUT2D eigenvalue weighted by Crippen LogP contribution is -2.28. The van der Waals surface area contributed by atoms with Crippen molar-refractivity contribution in [3.05, 3.63) is 134 Å². The van der Waals surface area contributed by atoms with Gasteiger partial charge in [-0.25, -0.2) is 0 Å². The van der Waals surface area contributed by atoms with Crippen LogP contribution in [-0.4, -0.2) is 36.4 Å². The minimum atomic E-state index is -0.792. The predicted molar refractivity (Wildman–Crippen MR) is 283 cm³/mol. The molecule has 0 radical (unpaired) electrons. The van der Waals surface area contributed by atoms with Crippen LogP contribution in [0, 0.1) is 0 Å². The fourth-order valence-electron chi connectivity index (χ4n) is 6.75. The first kappa shape index (κ1) is 61.0. The molecule has 0 spiro atoms. The average Bonchev–Trinajstić information content (AvgIpc) is 3.31. The Morgan fingerprint density at radius 3 is 1.02 bits per heavy atom. The van der Waals surface area contributed by atoms with E-state index in [2.05, 4.69) is 148 Å². The molecule has 0 aliphatic heterocycles. The Morgan fingerprint density at radius 1 is 0.369 bits per heavy atom. The normalized spacial score (nSPS) is 13.3. The van der Waals surface area contributed by atoms with Crippen LogP contribution in [-0.2, 0) is 19.1 Å². The molecule has 0 aromatic carbocycles. The van der Waals surface area contributed by atoms with Gasteiger partial charge in [-0.2, -0.15) is 0 Å². The monoisotopic (exact) mass is 897 g/mol. The fourth-order valence-corrected chi connectivity index (χ4v) is 6.75. The molecule has 0 aromatic heterocycles. The maximum Gasteiger partial charge on any atom is 0.306 e. The molecule has 1 N–H and O–H groups in total. The van der Waals surface area contributed by atoms with Crippen LogP contribution in [0.4, 0.5) is 0 Å². The van der Waals surface area contributed by atoms with Gasteiger partial charge in [0.1, 0.15) is 6.61 Å². The lowest BCUT2D eigenvalue weighted by Gasteiger charge is -2.15.